The van der Waals surface area contributed by atoms with Crippen molar-refractivity contribution in [2.24, 2.45) is 5.92 Å². The number of hydrogen-bond donors (Lipinski definition) is 1. The molecule has 3 atom stereocenters. The number of carbonyl (C=O) groups is 3. The van der Waals surface area contributed by atoms with Gasteiger partial charge in [0.2, 0.25) is 5.91 Å². The van der Waals surface area contributed by atoms with Crippen LogP contribution in [0.1, 0.15) is 27.7 Å². The molecule has 1 aliphatic rings. The fourth-order valence-corrected chi connectivity index (χ4v) is 3.21. The van der Waals surface area contributed by atoms with Crippen LogP contribution >= 0.6 is 0 Å². The third kappa shape index (κ3) is 4.03. The molecule has 7 nitrogen and oxygen atoms in total. The summed E-state index contributed by atoms with van der Waals surface area (Å²) in [6, 6.07) is -1.59. The fraction of sp³-hybridized carbons (Fsp3) is 0.688. The Hall–Kier alpha value is -2.05. The second-order valence-corrected chi connectivity index (χ2v) is 6.47. The van der Waals surface area contributed by atoms with Gasteiger partial charge >= 0.3 is 12.0 Å². The van der Waals surface area contributed by atoms with Crippen LogP contribution in [0.5, 0.6) is 0 Å². The van der Waals surface area contributed by atoms with Gasteiger partial charge in [0.15, 0.2) is 0 Å². The largest absolute Gasteiger partial charge is 0.480 e. The molecular weight excluding hydrogens is 298 g/mol. The van der Waals surface area contributed by atoms with Gasteiger partial charge in [-0.2, -0.15) is 0 Å². The van der Waals surface area contributed by atoms with E-state index in [2.05, 4.69) is 6.58 Å². The highest BCUT2D eigenvalue weighted by Crippen LogP contribution is 2.20. The Bertz CT molecular complexity index is 480. The SMILES string of the molecule is C=CC(=O)N1C[C@@H](C)N(C(=O)N(C)[C@H](C(=O)O)C(C)C)[C@H](C)C1. The van der Waals surface area contributed by atoms with Crippen molar-refractivity contribution in [3.05, 3.63) is 12.7 Å². The van der Waals surface area contributed by atoms with Crippen molar-refractivity contribution in [1.82, 2.24) is 14.7 Å². The van der Waals surface area contributed by atoms with E-state index < -0.39 is 12.0 Å². The molecule has 3 amide bonds. The number of carbonyl (C=O) groups excluding carboxylic acids is 2. The lowest BCUT2D eigenvalue weighted by Gasteiger charge is -2.46. The molecule has 0 aromatic carbocycles. The number of rotatable bonds is 4. The van der Waals surface area contributed by atoms with Crippen LogP contribution in [0.2, 0.25) is 0 Å². The Morgan fingerprint density at radius 3 is 2.04 bits per heavy atom. The summed E-state index contributed by atoms with van der Waals surface area (Å²) < 4.78 is 0. The highest BCUT2D eigenvalue weighted by Gasteiger charge is 2.39. The second kappa shape index (κ2) is 7.48. The van der Waals surface area contributed by atoms with Gasteiger partial charge in [-0.15, -0.1) is 0 Å². The first-order valence-corrected chi connectivity index (χ1v) is 7.81. The van der Waals surface area contributed by atoms with Gasteiger partial charge in [0.05, 0.1) is 0 Å². The van der Waals surface area contributed by atoms with Gasteiger partial charge in [-0.3, -0.25) is 4.79 Å². The lowest BCUT2D eigenvalue weighted by atomic mass is 10.0. The van der Waals surface area contributed by atoms with Crippen molar-refractivity contribution in [3.8, 4) is 0 Å². The number of carboxylic acid groups (broad SMARTS) is 1. The molecule has 23 heavy (non-hydrogen) atoms. The normalized spacial score (nSPS) is 22.7. The summed E-state index contributed by atoms with van der Waals surface area (Å²) in [5.41, 5.74) is 0. The first kappa shape index (κ1) is 19.0. The maximum Gasteiger partial charge on any atom is 0.326 e. The Morgan fingerprint density at radius 2 is 1.70 bits per heavy atom. The van der Waals surface area contributed by atoms with Gasteiger partial charge in [0.1, 0.15) is 6.04 Å². The highest BCUT2D eigenvalue weighted by molar-refractivity contribution is 5.87. The number of urea groups is 1. The van der Waals surface area contributed by atoms with Crippen LogP contribution in [0.3, 0.4) is 0 Å². The van der Waals surface area contributed by atoms with Crippen molar-refractivity contribution in [1.29, 1.82) is 0 Å². The molecule has 7 heteroatoms. The molecule has 1 rings (SSSR count). The number of piperazine rings is 1. The van der Waals surface area contributed by atoms with Gasteiger partial charge in [-0.05, 0) is 25.8 Å². The van der Waals surface area contributed by atoms with E-state index in [1.807, 2.05) is 13.8 Å². The van der Waals surface area contributed by atoms with Gasteiger partial charge < -0.3 is 19.8 Å². The summed E-state index contributed by atoms with van der Waals surface area (Å²) in [6.45, 7) is 11.6. The molecule has 1 N–H and O–H groups in total. The number of hydrogen-bond acceptors (Lipinski definition) is 3. The third-order valence-electron chi connectivity index (χ3n) is 4.23. The number of nitrogens with zero attached hydrogens (tertiary/aromatic N) is 3. The van der Waals surface area contributed by atoms with Crippen LogP contribution < -0.4 is 0 Å². The van der Waals surface area contributed by atoms with Crippen molar-refractivity contribution in [2.45, 2.75) is 45.8 Å². The van der Waals surface area contributed by atoms with Crippen molar-refractivity contribution in [3.63, 3.8) is 0 Å². The first-order valence-electron chi connectivity index (χ1n) is 7.81. The van der Waals surface area contributed by atoms with Crippen LogP contribution in [0.25, 0.3) is 0 Å². The molecule has 0 aliphatic carbocycles. The van der Waals surface area contributed by atoms with E-state index in [1.165, 1.54) is 18.0 Å². The van der Waals surface area contributed by atoms with Crippen LogP contribution in [0.15, 0.2) is 12.7 Å². The smallest absolute Gasteiger partial charge is 0.326 e. The average Bonchev–Trinajstić information content (AvgIpc) is 2.44. The van der Waals surface area contributed by atoms with Crippen LogP contribution in [0.4, 0.5) is 4.79 Å². The minimum atomic E-state index is -1.02. The summed E-state index contributed by atoms with van der Waals surface area (Å²) in [5, 5.41) is 9.36. The molecule has 0 bridgehead atoms. The van der Waals surface area contributed by atoms with E-state index in [0.29, 0.717) is 13.1 Å². The van der Waals surface area contributed by atoms with Gasteiger partial charge in [0.25, 0.3) is 0 Å². The maximum absolute atomic E-state index is 12.8. The Morgan fingerprint density at radius 1 is 1.22 bits per heavy atom. The number of carboxylic acids is 1. The molecule has 0 spiro atoms. The zero-order chi connectivity index (χ0) is 17.9. The Kier molecular flexibility index (Phi) is 6.18. The number of aliphatic carboxylic acids is 1. The summed E-state index contributed by atoms with van der Waals surface area (Å²) in [5.74, 6) is -1.37. The minimum Gasteiger partial charge on any atom is -0.480 e. The molecule has 0 radical (unpaired) electrons. The minimum absolute atomic E-state index is 0.158. The average molecular weight is 325 g/mol. The molecule has 1 saturated heterocycles. The topological polar surface area (TPSA) is 81.2 Å². The van der Waals surface area contributed by atoms with Gasteiger partial charge in [-0.1, -0.05) is 20.4 Å². The summed E-state index contributed by atoms with van der Waals surface area (Å²) >= 11 is 0. The zero-order valence-corrected chi connectivity index (χ0v) is 14.5. The van der Waals surface area contributed by atoms with E-state index in [0.717, 1.165) is 0 Å². The van der Waals surface area contributed by atoms with Crippen molar-refractivity contribution >= 4 is 17.9 Å². The summed E-state index contributed by atoms with van der Waals surface area (Å²) in [7, 11) is 1.52. The quantitative estimate of drug-likeness (QED) is 0.789. The first-order chi connectivity index (χ1) is 10.6. The Labute approximate surface area is 137 Å². The highest BCUT2D eigenvalue weighted by atomic mass is 16.4. The third-order valence-corrected chi connectivity index (χ3v) is 4.23. The molecular formula is C16H27N3O4. The Balaban J connectivity index is 2.93. The molecule has 0 saturated carbocycles. The summed E-state index contributed by atoms with van der Waals surface area (Å²) in [4.78, 5) is 40.6. The molecule has 1 heterocycles. The van der Waals surface area contributed by atoms with Crippen LogP contribution in [0, 0.1) is 5.92 Å². The van der Waals surface area contributed by atoms with Crippen molar-refractivity contribution in [2.75, 3.05) is 20.1 Å². The second-order valence-electron chi connectivity index (χ2n) is 6.47. The molecule has 0 unspecified atom stereocenters. The zero-order valence-electron chi connectivity index (χ0n) is 14.5. The lowest BCUT2D eigenvalue weighted by Crippen LogP contribution is -2.63. The number of amides is 3. The molecule has 1 aliphatic heterocycles. The van der Waals surface area contributed by atoms with Crippen LogP contribution in [-0.4, -0.2) is 76.0 Å². The number of likely N-dealkylation sites (N-methyl/N-ethyl adjacent to an activating group) is 1. The molecule has 0 aromatic rings. The van der Waals surface area contributed by atoms with E-state index in [-0.39, 0.29) is 29.9 Å². The van der Waals surface area contributed by atoms with Crippen molar-refractivity contribution < 1.29 is 19.5 Å². The van der Waals surface area contributed by atoms with E-state index >= 15 is 0 Å². The van der Waals surface area contributed by atoms with E-state index in [9.17, 15) is 19.5 Å². The molecule has 130 valence electrons. The molecule has 1 fully saturated rings. The fourth-order valence-electron chi connectivity index (χ4n) is 3.21. The summed E-state index contributed by atoms with van der Waals surface area (Å²) in [6.07, 6.45) is 1.27. The predicted molar refractivity (Wildman–Crippen MR) is 87.0 cm³/mol. The molecule has 0 aromatic heterocycles. The van der Waals surface area contributed by atoms with Crippen LogP contribution in [-0.2, 0) is 9.59 Å². The van der Waals surface area contributed by atoms with Gasteiger partial charge in [0, 0.05) is 32.2 Å². The standard InChI is InChI=1S/C16H27N3O4/c1-7-13(20)18-8-11(4)19(12(5)9-18)16(23)17(6)14(10(2)3)15(21)22/h7,10-12,14H,1,8-9H2,2-6H3,(H,21,22)/t11-,12-,14+/m1/s1. The predicted octanol–water partition coefficient (Wildman–Crippen LogP) is 1.25. The monoisotopic (exact) mass is 325 g/mol. The van der Waals surface area contributed by atoms with E-state index in [4.69, 9.17) is 0 Å². The lowest BCUT2D eigenvalue weighted by molar-refractivity contribution is -0.143. The van der Waals surface area contributed by atoms with E-state index in [1.54, 1.807) is 23.6 Å². The van der Waals surface area contributed by atoms with Gasteiger partial charge in [-0.25, -0.2) is 9.59 Å². The maximum atomic E-state index is 12.8.